The molecule has 0 bridgehead atoms. The summed E-state index contributed by atoms with van der Waals surface area (Å²) in [5, 5.41) is 12.5. The van der Waals surface area contributed by atoms with Crippen molar-refractivity contribution < 1.29 is 28.3 Å². The molecule has 226 valence electrons. The zero-order valence-corrected chi connectivity index (χ0v) is 24.1. The van der Waals surface area contributed by atoms with E-state index in [0.717, 1.165) is 23.8 Å². The van der Waals surface area contributed by atoms with E-state index in [1.54, 1.807) is 12.3 Å². The summed E-state index contributed by atoms with van der Waals surface area (Å²) in [4.78, 5) is 38.0. The molecular formula is C31H39F2N5O4. The van der Waals surface area contributed by atoms with Crippen molar-refractivity contribution in [3.63, 3.8) is 0 Å². The van der Waals surface area contributed by atoms with Gasteiger partial charge in [-0.1, -0.05) is 51.1 Å². The maximum Gasteiger partial charge on any atom is 0.248 e. The standard InChI is InChI=1S/C31H39F2N5O4/c1-31(2,3)29(38(28(41)19-39)13-7-12-36-30(42)25(34)16-27(35)40)26-14-21(23-15-22(32)10-11-24(23)33)18-37(26)17-20-8-5-4-6-9-20/h4-6,8-11,14-15,18,25,29,39H,7,12-13,16-17,19,34H2,1-3H3,(H2,35,40)(H,36,42). The third kappa shape index (κ3) is 8.46. The molecule has 1 heterocycles. The molecule has 3 amide bonds. The van der Waals surface area contributed by atoms with Gasteiger partial charge in [-0.15, -0.1) is 0 Å². The molecule has 3 aromatic rings. The number of halogens is 2. The highest BCUT2D eigenvalue weighted by atomic mass is 19.1. The van der Waals surface area contributed by atoms with Crippen LogP contribution in [0, 0.1) is 17.0 Å². The minimum absolute atomic E-state index is 0.0887. The van der Waals surface area contributed by atoms with Crippen LogP contribution in [0.4, 0.5) is 8.78 Å². The minimum atomic E-state index is -1.08. The second-order valence-corrected chi connectivity index (χ2v) is 11.3. The highest BCUT2D eigenvalue weighted by Gasteiger charge is 2.37. The first-order valence-electron chi connectivity index (χ1n) is 13.7. The van der Waals surface area contributed by atoms with Gasteiger partial charge in [0, 0.05) is 42.7 Å². The lowest BCUT2D eigenvalue weighted by Gasteiger charge is -2.41. The normalized spacial score (nSPS) is 12.9. The Morgan fingerprint density at radius 1 is 1.07 bits per heavy atom. The third-order valence-electron chi connectivity index (χ3n) is 6.87. The largest absolute Gasteiger partial charge is 0.387 e. The Balaban J connectivity index is 2.00. The smallest absolute Gasteiger partial charge is 0.248 e. The average molecular weight is 584 g/mol. The zero-order chi connectivity index (χ0) is 31.0. The summed E-state index contributed by atoms with van der Waals surface area (Å²) in [5.74, 6) is -2.93. The third-order valence-corrected chi connectivity index (χ3v) is 6.87. The Bertz CT molecular complexity index is 1390. The Labute approximate surface area is 244 Å². The molecule has 0 radical (unpaired) electrons. The van der Waals surface area contributed by atoms with Crippen molar-refractivity contribution in [1.29, 1.82) is 0 Å². The molecule has 11 heteroatoms. The first-order chi connectivity index (χ1) is 19.8. The number of benzene rings is 2. The fourth-order valence-electron chi connectivity index (χ4n) is 5.00. The Morgan fingerprint density at radius 2 is 1.76 bits per heavy atom. The van der Waals surface area contributed by atoms with Crippen LogP contribution in [0.2, 0.25) is 0 Å². The molecule has 0 fully saturated rings. The fourth-order valence-corrected chi connectivity index (χ4v) is 5.00. The van der Waals surface area contributed by atoms with E-state index in [-0.39, 0.29) is 25.1 Å². The second kappa shape index (κ2) is 14.2. The topological polar surface area (TPSA) is 144 Å². The van der Waals surface area contributed by atoms with Crippen LogP contribution in [-0.4, -0.2) is 58.0 Å². The quantitative estimate of drug-likeness (QED) is 0.229. The van der Waals surface area contributed by atoms with E-state index in [1.807, 2.05) is 55.7 Å². The van der Waals surface area contributed by atoms with Crippen LogP contribution in [0.3, 0.4) is 0 Å². The summed E-state index contributed by atoms with van der Waals surface area (Å²) in [6.07, 6.45) is 1.76. The predicted molar refractivity (Wildman–Crippen MR) is 156 cm³/mol. The summed E-state index contributed by atoms with van der Waals surface area (Å²) in [5.41, 5.74) is 12.4. The molecule has 0 saturated heterocycles. The molecule has 2 aromatic carbocycles. The van der Waals surface area contributed by atoms with Gasteiger partial charge in [-0.25, -0.2) is 8.78 Å². The molecule has 0 aliphatic heterocycles. The van der Waals surface area contributed by atoms with Crippen molar-refractivity contribution in [2.45, 2.75) is 52.2 Å². The van der Waals surface area contributed by atoms with Gasteiger partial charge in [-0.2, -0.15) is 0 Å². The summed E-state index contributed by atoms with van der Waals surface area (Å²) in [6, 6.07) is 12.9. The molecular weight excluding hydrogens is 544 g/mol. The van der Waals surface area contributed by atoms with E-state index in [1.165, 1.54) is 4.90 Å². The molecule has 0 aliphatic carbocycles. The zero-order valence-electron chi connectivity index (χ0n) is 24.1. The summed E-state index contributed by atoms with van der Waals surface area (Å²) < 4.78 is 30.9. The van der Waals surface area contributed by atoms with E-state index in [2.05, 4.69) is 5.32 Å². The molecule has 1 aromatic heterocycles. The van der Waals surface area contributed by atoms with Crippen LogP contribution >= 0.6 is 0 Å². The number of nitrogens with two attached hydrogens (primary N) is 2. The molecule has 0 aliphatic rings. The van der Waals surface area contributed by atoms with Gasteiger partial charge in [-0.05, 0) is 41.7 Å². The van der Waals surface area contributed by atoms with Crippen molar-refractivity contribution in [1.82, 2.24) is 14.8 Å². The number of hydrogen-bond acceptors (Lipinski definition) is 5. The molecule has 42 heavy (non-hydrogen) atoms. The van der Waals surface area contributed by atoms with Crippen LogP contribution in [0.25, 0.3) is 11.1 Å². The van der Waals surface area contributed by atoms with E-state index >= 15 is 0 Å². The maximum absolute atomic E-state index is 14.9. The van der Waals surface area contributed by atoms with E-state index in [0.29, 0.717) is 24.2 Å². The van der Waals surface area contributed by atoms with E-state index in [4.69, 9.17) is 11.5 Å². The molecule has 0 spiro atoms. The highest BCUT2D eigenvalue weighted by Crippen LogP contribution is 2.41. The Hall–Kier alpha value is -4.09. The Kier molecular flexibility index (Phi) is 11.0. The monoisotopic (exact) mass is 583 g/mol. The average Bonchev–Trinajstić information content (AvgIpc) is 3.32. The van der Waals surface area contributed by atoms with Gasteiger partial charge in [-0.3, -0.25) is 14.4 Å². The molecule has 0 saturated carbocycles. The van der Waals surface area contributed by atoms with Gasteiger partial charge in [0.25, 0.3) is 0 Å². The minimum Gasteiger partial charge on any atom is -0.387 e. The highest BCUT2D eigenvalue weighted by molar-refractivity contribution is 5.87. The van der Waals surface area contributed by atoms with Crippen LogP contribution in [0.15, 0.2) is 60.8 Å². The predicted octanol–water partition coefficient (Wildman–Crippen LogP) is 3.10. The first kappa shape index (κ1) is 32.4. The van der Waals surface area contributed by atoms with Crippen LogP contribution in [-0.2, 0) is 20.9 Å². The van der Waals surface area contributed by atoms with Crippen molar-refractivity contribution in [2.24, 2.45) is 16.9 Å². The number of carbonyl (C=O) groups excluding carboxylic acids is 3. The second-order valence-electron chi connectivity index (χ2n) is 11.3. The number of nitrogens with zero attached hydrogens (tertiary/aromatic N) is 2. The molecule has 2 atom stereocenters. The molecule has 3 rings (SSSR count). The van der Waals surface area contributed by atoms with Gasteiger partial charge in [0.05, 0.1) is 18.5 Å². The van der Waals surface area contributed by atoms with Gasteiger partial charge < -0.3 is 31.4 Å². The van der Waals surface area contributed by atoms with Gasteiger partial charge in [0.15, 0.2) is 0 Å². The number of aliphatic hydroxyl groups excluding tert-OH is 1. The van der Waals surface area contributed by atoms with Gasteiger partial charge in [0.2, 0.25) is 17.7 Å². The number of rotatable bonds is 13. The van der Waals surface area contributed by atoms with Crippen LogP contribution in [0.1, 0.15) is 50.9 Å². The number of amides is 3. The fraction of sp³-hybridized carbons (Fsp3) is 0.387. The lowest BCUT2D eigenvalue weighted by molar-refractivity contribution is -0.139. The SMILES string of the molecule is CC(C)(C)C(c1cc(-c2cc(F)ccc2F)cn1Cc1ccccc1)N(CCCNC(=O)C(N)CC(N)=O)C(=O)CO. The number of nitrogens with one attached hydrogen (secondary N) is 1. The van der Waals surface area contributed by atoms with E-state index < -0.39 is 53.5 Å². The summed E-state index contributed by atoms with van der Waals surface area (Å²) in [7, 11) is 0. The summed E-state index contributed by atoms with van der Waals surface area (Å²) >= 11 is 0. The van der Waals surface area contributed by atoms with Crippen LogP contribution < -0.4 is 16.8 Å². The van der Waals surface area contributed by atoms with Crippen LogP contribution in [0.5, 0.6) is 0 Å². The number of aromatic nitrogens is 1. The number of hydrogen-bond donors (Lipinski definition) is 4. The molecule has 2 unspecified atom stereocenters. The van der Waals surface area contributed by atoms with Crippen molar-refractivity contribution >= 4 is 17.7 Å². The van der Waals surface area contributed by atoms with Crippen molar-refractivity contribution in [3.8, 4) is 11.1 Å². The lowest BCUT2D eigenvalue weighted by atomic mass is 9.83. The van der Waals surface area contributed by atoms with Crippen molar-refractivity contribution in [2.75, 3.05) is 19.7 Å². The first-order valence-corrected chi connectivity index (χ1v) is 13.7. The maximum atomic E-state index is 14.9. The van der Waals surface area contributed by atoms with Crippen molar-refractivity contribution in [3.05, 3.63) is 83.7 Å². The Morgan fingerprint density at radius 3 is 2.38 bits per heavy atom. The number of aliphatic hydroxyl groups is 1. The molecule has 9 nitrogen and oxygen atoms in total. The van der Waals surface area contributed by atoms with Gasteiger partial charge >= 0.3 is 0 Å². The summed E-state index contributed by atoms with van der Waals surface area (Å²) in [6.45, 7) is 5.81. The van der Waals surface area contributed by atoms with E-state index in [9.17, 15) is 28.3 Å². The van der Waals surface area contributed by atoms with Gasteiger partial charge in [0.1, 0.15) is 18.2 Å². The number of primary amides is 1. The molecule has 6 N–H and O–H groups in total. The number of carbonyl (C=O) groups is 3. The lowest BCUT2D eigenvalue weighted by Crippen LogP contribution is -2.46.